The summed E-state index contributed by atoms with van der Waals surface area (Å²) in [6, 6.07) is 4.71. The summed E-state index contributed by atoms with van der Waals surface area (Å²) in [5.41, 5.74) is 4.95. The molecule has 1 aromatic carbocycles. The van der Waals surface area contributed by atoms with E-state index in [4.69, 9.17) is 5.73 Å². The third kappa shape index (κ3) is 1.34. The standard InChI is InChI=1S/C10H9BrFNO/c11-6-1-2-7(8(12)5-6)10(3-4-10)9(13)14/h1-2,5H,3-4H2,(H2,13,14). The monoisotopic (exact) mass is 257 g/mol. The summed E-state index contributed by atoms with van der Waals surface area (Å²) in [6.07, 6.45) is 1.31. The number of hydrogen-bond acceptors (Lipinski definition) is 1. The van der Waals surface area contributed by atoms with Gasteiger partial charge < -0.3 is 5.73 Å². The van der Waals surface area contributed by atoms with Crippen LogP contribution in [-0.4, -0.2) is 5.91 Å². The predicted molar refractivity (Wildman–Crippen MR) is 54.2 cm³/mol. The predicted octanol–water partition coefficient (Wildman–Crippen LogP) is 2.11. The summed E-state index contributed by atoms with van der Waals surface area (Å²) in [5, 5.41) is 0. The molecule has 2 rings (SSSR count). The maximum absolute atomic E-state index is 13.5. The Balaban J connectivity index is 2.47. The molecule has 0 aliphatic heterocycles. The van der Waals surface area contributed by atoms with Gasteiger partial charge in [-0.2, -0.15) is 0 Å². The number of primary amides is 1. The van der Waals surface area contributed by atoms with Crippen LogP contribution in [0.4, 0.5) is 4.39 Å². The minimum Gasteiger partial charge on any atom is -0.369 e. The molecule has 1 saturated carbocycles. The van der Waals surface area contributed by atoms with Gasteiger partial charge in [0.05, 0.1) is 5.41 Å². The van der Waals surface area contributed by atoms with Crippen LogP contribution in [-0.2, 0) is 10.2 Å². The summed E-state index contributed by atoms with van der Waals surface area (Å²) in [7, 11) is 0. The minimum atomic E-state index is -0.731. The van der Waals surface area contributed by atoms with Crippen LogP contribution in [0.5, 0.6) is 0 Å². The van der Waals surface area contributed by atoms with Crippen molar-refractivity contribution < 1.29 is 9.18 Å². The Morgan fingerprint density at radius 3 is 2.57 bits per heavy atom. The van der Waals surface area contributed by atoms with Crippen LogP contribution in [0, 0.1) is 5.82 Å². The van der Waals surface area contributed by atoms with Gasteiger partial charge in [0.25, 0.3) is 0 Å². The zero-order valence-electron chi connectivity index (χ0n) is 7.39. The van der Waals surface area contributed by atoms with Crippen molar-refractivity contribution in [1.29, 1.82) is 0 Å². The van der Waals surface area contributed by atoms with Gasteiger partial charge in [-0.3, -0.25) is 4.79 Å². The van der Waals surface area contributed by atoms with Crippen molar-refractivity contribution in [2.75, 3.05) is 0 Å². The topological polar surface area (TPSA) is 43.1 Å². The molecule has 4 heteroatoms. The van der Waals surface area contributed by atoms with Gasteiger partial charge in [0.15, 0.2) is 0 Å². The number of halogens is 2. The average molecular weight is 258 g/mol. The summed E-state index contributed by atoms with van der Waals surface area (Å²) in [4.78, 5) is 11.2. The van der Waals surface area contributed by atoms with Gasteiger partial charge in [0.1, 0.15) is 5.82 Å². The van der Waals surface area contributed by atoms with Crippen molar-refractivity contribution in [3.8, 4) is 0 Å². The van der Waals surface area contributed by atoms with E-state index in [9.17, 15) is 9.18 Å². The van der Waals surface area contributed by atoms with Crippen LogP contribution in [0.1, 0.15) is 18.4 Å². The molecule has 0 radical (unpaired) electrons. The molecule has 2 N–H and O–H groups in total. The van der Waals surface area contributed by atoms with E-state index >= 15 is 0 Å². The summed E-state index contributed by atoms with van der Waals surface area (Å²) >= 11 is 3.16. The highest BCUT2D eigenvalue weighted by Gasteiger charge is 2.51. The van der Waals surface area contributed by atoms with Gasteiger partial charge >= 0.3 is 0 Å². The van der Waals surface area contributed by atoms with Gasteiger partial charge in [-0.15, -0.1) is 0 Å². The highest BCUT2D eigenvalue weighted by atomic mass is 79.9. The van der Waals surface area contributed by atoms with Crippen LogP contribution in [0.2, 0.25) is 0 Å². The van der Waals surface area contributed by atoms with Crippen molar-refractivity contribution in [1.82, 2.24) is 0 Å². The van der Waals surface area contributed by atoms with Crippen LogP contribution >= 0.6 is 15.9 Å². The van der Waals surface area contributed by atoms with Crippen LogP contribution in [0.3, 0.4) is 0 Å². The number of hydrogen-bond donors (Lipinski definition) is 1. The van der Waals surface area contributed by atoms with Crippen molar-refractivity contribution in [3.63, 3.8) is 0 Å². The molecule has 0 aromatic heterocycles. The molecule has 0 atom stereocenters. The molecule has 1 aromatic rings. The minimum absolute atomic E-state index is 0.365. The van der Waals surface area contributed by atoms with E-state index < -0.39 is 11.3 Å². The summed E-state index contributed by atoms with van der Waals surface area (Å²) in [5.74, 6) is -0.797. The van der Waals surface area contributed by atoms with E-state index in [1.165, 1.54) is 6.07 Å². The Kier molecular flexibility index (Phi) is 2.10. The molecule has 2 nitrogen and oxygen atoms in total. The number of nitrogens with two attached hydrogens (primary N) is 1. The molecule has 1 amide bonds. The van der Waals surface area contributed by atoms with Crippen molar-refractivity contribution in [2.24, 2.45) is 5.73 Å². The Morgan fingerprint density at radius 1 is 1.50 bits per heavy atom. The molecule has 0 heterocycles. The SMILES string of the molecule is NC(=O)C1(c2ccc(Br)cc2F)CC1. The molecular formula is C10H9BrFNO. The molecule has 0 bridgehead atoms. The Labute approximate surface area is 89.4 Å². The van der Waals surface area contributed by atoms with E-state index in [-0.39, 0.29) is 5.82 Å². The van der Waals surface area contributed by atoms with E-state index in [0.29, 0.717) is 22.9 Å². The molecule has 0 saturated heterocycles. The molecule has 0 unspecified atom stereocenters. The number of amides is 1. The zero-order chi connectivity index (χ0) is 10.3. The van der Waals surface area contributed by atoms with Crippen molar-refractivity contribution in [3.05, 3.63) is 34.1 Å². The Hall–Kier alpha value is -0.900. The summed E-state index contributed by atoms with van der Waals surface area (Å²) < 4.78 is 14.2. The fourth-order valence-electron chi connectivity index (χ4n) is 1.65. The van der Waals surface area contributed by atoms with Crippen LogP contribution < -0.4 is 5.73 Å². The van der Waals surface area contributed by atoms with Gasteiger partial charge in [-0.25, -0.2) is 4.39 Å². The molecule has 0 spiro atoms. The van der Waals surface area contributed by atoms with E-state index in [1.54, 1.807) is 12.1 Å². The second-order valence-corrected chi connectivity index (χ2v) is 4.49. The first-order chi connectivity index (χ1) is 6.56. The lowest BCUT2D eigenvalue weighted by Crippen LogP contribution is -2.29. The first kappa shape index (κ1) is 9.65. The smallest absolute Gasteiger partial charge is 0.228 e. The Morgan fingerprint density at radius 2 is 2.14 bits per heavy atom. The van der Waals surface area contributed by atoms with E-state index in [1.807, 2.05) is 0 Å². The fraction of sp³-hybridized carbons (Fsp3) is 0.300. The third-order valence-electron chi connectivity index (χ3n) is 2.67. The zero-order valence-corrected chi connectivity index (χ0v) is 8.97. The maximum Gasteiger partial charge on any atom is 0.228 e. The first-order valence-electron chi connectivity index (χ1n) is 4.32. The lowest BCUT2D eigenvalue weighted by molar-refractivity contribution is -0.120. The summed E-state index contributed by atoms with van der Waals surface area (Å²) in [6.45, 7) is 0. The van der Waals surface area contributed by atoms with Crippen molar-refractivity contribution >= 4 is 21.8 Å². The second-order valence-electron chi connectivity index (χ2n) is 3.57. The van der Waals surface area contributed by atoms with Crippen LogP contribution in [0.15, 0.2) is 22.7 Å². The highest BCUT2D eigenvalue weighted by molar-refractivity contribution is 9.10. The largest absolute Gasteiger partial charge is 0.369 e. The van der Waals surface area contributed by atoms with Gasteiger partial charge in [-0.1, -0.05) is 22.0 Å². The van der Waals surface area contributed by atoms with Gasteiger partial charge in [0.2, 0.25) is 5.91 Å². The lowest BCUT2D eigenvalue weighted by atomic mass is 9.95. The molecule has 1 aliphatic rings. The fourth-order valence-corrected chi connectivity index (χ4v) is 1.98. The molecule has 1 fully saturated rings. The number of carbonyl (C=O) groups excluding carboxylic acids is 1. The average Bonchev–Trinajstić information content (AvgIpc) is 2.84. The second kappa shape index (κ2) is 3.05. The number of benzene rings is 1. The van der Waals surface area contributed by atoms with Gasteiger partial charge in [0, 0.05) is 10.0 Å². The van der Waals surface area contributed by atoms with Gasteiger partial charge in [-0.05, 0) is 25.0 Å². The molecule has 74 valence electrons. The van der Waals surface area contributed by atoms with E-state index in [0.717, 1.165) is 0 Å². The van der Waals surface area contributed by atoms with E-state index in [2.05, 4.69) is 15.9 Å². The molecular weight excluding hydrogens is 249 g/mol. The van der Waals surface area contributed by atoms with Crippen LogP contribution in [0.25, 0.3) is 0 Å². The molecule has 1 aliphatic carbocycles. The van der Waals surface area contributed by atoms with Crippen molar-refractivity contribution in [2.45, 2.75) is 18.3 Å². The normalized spacial score (nSPS) is 17.9. The Bertz CT molecular complexity index is 401. The maximum atomic E-state index is 13.5. The number of carbonyl (C=O) groups is 1. The lowest BCUT2D eigenvalue weighted by Gasteiger charge is -2.12. The quantitative estimate of drug-likeness (QED) is 0.867. The first-order valence-corrected chi connectivity index (χ1v) is 5.11. The molecule has 14 heavy (non-hydrogen) atoms. The highest BCUT2D eigenvalue weighted by Crippen LogP contribution is 2.48. The third-order valence-corrected chi connectivity index (χ3v) is 3.16. The number of rotatable bonds is 2.